The maximum Gasteiger partial charge on any atom is 0.233 e. The van der Waals surface area contributed by atoms with Crippen LogP contribution in [0.1, 0.15) is 5.56 Å². The third-order valence-electron chi connectivity index (χ3n) is 2.29. The van der Waals surface area contributed by atoms with E-state index in [9.17, 15) is 0 Å². The average molecular weight is 372 g/mol. The fourth-order valence-electron chi connectivity index (χ4n) is 1.47. The van der Waals surface area contributed by atoms with Gasteiger partial charge in [0.25, 0.3) is 0 Å². The highest BCUT2D eigenvalue weighted by Crippen LogP contribution is 2.29. The maximum absolute atomic E-state index is 5.70. The van der Waals surface area contributed by atoms with Crippen molar-refractivity contribution < 1.29 is 4.74 Å². The minimum atomic E-state index is 0.555. The molecule has 94 valence electrons. The van der Waals surface area contributed by atoms with Gasteiger partial charge in [0.05, 0.1) is 4.47 Å². The van der Waals surface area contributed by atoms with E-state index < -0.39 is 0 Å². The van der Waals surface area contributed by atoms with E-state index in [1.54, 1.807) is 6.20 Å². The van der Waals surface area contributed by atoms with Crippen LogP contribution in [0.2, 0.25) is 0 Å². The highest BCUT2D eigenvalue weighted by Gasteiger charge is 2.05. The number of aromatic nitrogens is 1. The zero-order chi connectivity index (χ0) is 13.0. The van der Waals surface area contributed by atoms with Gasteiger partial charge in [-0.2, -0.15) is 0 Å². The molecule has 0 saturated carbocycles. The molecule has 0 bridgehead atoms. The molecule has 2 rings (SSSR count). The van der Waals surface area contributed by atoms with Crippen LogP contribution in [-0.2, 0) is 6.54 Å². The lowest BCUT2D eigenvalue weighted by Crippen LogP contribution is -2.04. The Labute approximate surface area is 123 Å². The SMILES string of the molecule is CNCc1ccc(Oc2ncc(Br)cc2Br)cc1. The van der Waals surface area contributed by atoms with Gasteiger partial charge in [0.2, 0.25) is 5.88 Å². The Morgan fingerprint density at radius 3 is 2.56 bits per heavy atom. The summed E-state index contributed by atoms with van der Waals surface area (Å²) in [6.07, 6.45) is 1.70. The van der Waals surface area contributed by atoms with Gasteiger partial charge in [-0.25, -0.2) is 4.98 Å². The Morgan fingerprint density at radius 1 is 1.22 bits per heavy atom. The molecular formula is C13H12Br2N2O. The van der Waals surface area contributed by atoms with Crippen molar-refractivity contribution in [1.82, 2.24) is 10.3 Å². The van der Waals surface area contributed by atoms with Gasteiger partial charge < -0.3 is 10.1 Å². The van der Waals surface area contributed by atoms with Gasteiger partial charge in [-0.1, -0.05) is 12.1 Å². The molecule has 0 spiro atoms. The van der Waals surface area contributed by atoms with Gasteiger partial charge in [-0.15, -0.1) is 0 Å². The molecule has 5 heteroatoms. The molecule has 18 heavy (non-hydrogen) atoms. The molecule has 0 aliphatic rings. The quantitative estimate of drug-likeness (QED) is 0.877. The minimum Gasteiger partial charge on any atom is -0.438 e. The molecule has 0 atom stereocenters. The summed E-state index contributed by atoms with van der Waals surface area (Å²) in [5, 5.41) is 3.10. The number of pyridine rings is 1. The molecule has 0 unspecified atom stereocenters. The smallest absolute Gasteiger partial charge is 0.233 e. The largest absolute Gasteiger partial charge is 0.438 e. The lowest BCUT2D eigenvalue weighted by atomic mass is 10.2. The first kappa shape index (κ1) is 13.5. The Balaban J connectivity index is 2.13. The molecule has 0 aliphatic carbocycles. The van der Waals surface area contributed by atoms with Crippen molar-refractivity contribution in [3.63, 3.8) is 0 Å². The molecule has 1 aromatic heterocycles. The van der Waals surface area contributed by atoms with Gasteiger partial charge in [0.1, 0.15) is 5.75 Å². The van der Waals surface area contributed by atoms with Crippen LogP contribution in [-0.4, -0.2) is 12.0 Å². The second-order valence-corrected chi connectivity index (χ2v) is 5.49. The second kappa shape index (κ2) is 6.31. The summed E-state index contributed by atoms with van der Waals surface area (Å²) >= 11 is 6.77. The molecule has 0 amide bonds. The van der Waals surface area contributed by atoms with Crippen LogP contribution in [0.4, 0.5) is 0 Å². The number of benzene rings is 1. The highest BCUT2D eigenvalue weighted by molar-refractivity contribution is 9.11. The van der Waals surface area contributed by atoms with Crippen molar-refractivity contribution >= 4 is 31.9 Å². The molecule has 1 N–H and O–H groups in total. The third-order valence-corrected chi connectivity index (χ3v) is 3.29. The first-order valence-electron chi connectivity index (χ1n) is 5.41. The molecule has 3 nitrogen and oxygen atoms in total. The van der Waals surface area contributed by atoms with E-state index in [4.69, 9.17) is 4.74 Å². The monoisotopic (exact) mass is 370 g/mol. The Hall–Kier alpha value is -0.910. The molecule has 0 fully saturated rings. The Kier molecular flexibility index (Phi) is 4.74. The number of hydrogen-bond acceptors (Lipinski definition) is 3. The van der Waals surface area contributed by atoms with Gasteiger partial charge >= 0.3 is 0 Å². The summed E-state index contributed by atoms with van der Waals surface area (Å²) in [6.45, 7) is 0.848. The summed E-state index contributed by atoms with van der Waals surface area (Å²) in [7, 11) is 1.92. The number of nitrogens with one attached hydrogen (secondary N) is 1. The van der Waals surface area contributed by atoms with E-state index in [0.29, 0.717) is 5.88 Å². The van der Waals surface area contributed by atoms with Crippen molar-refractivity contribution in [2.45, 2.75) is 6.54 Å². The van der Waals surface area contributed by atoms with Crippen molar-refractivity contribution in [2.75, 3.05) is 7.05 Å². The van der Waals surface area contributed by atoms with Crippen LogP contribution in [0, 0.1) is 0 Å². The van der Waals surface area contributed by atoms with Crippen molar-refractivity contribution in [2.24, 2.45) is 0 Å². The van der Waals surface area contributed by atoms with Crippen LogP contribution >= 0.6 is 31.9 Å². The first-order chi connectivity index (χ1) is 8.69. The fourth-order valence-corrected chi connectivity index (χ4v) is 2.54. The van der Waals surface area contributed by atoms with Gasteiger partial charge in [0.15, 0.2) is 0 Å². The summed E-state index contributed by atoms with van der Waals surface area (Å²) in [4.78, 5) is 4.20. The van der Waals surface area contributed by atoms with E-state index in [0.717, 1.165) is 21.2 Å². The van der Waals surface area contributed by atoms with Crippen molar-refractivity contribution in [1.29, 1.82) is 0 Å². The third kappa shape index (κ3) is 3.54. The second-order valence-electron chi connectivity index (χ2n) is 3.72. The predicted molar refractivity (Wildman–Crippen MR) is 78.9 cm³/mol. The standard InChI is InChI=1S/C13H12Br2N2O/c1-16-7-9-2-4-11(5-3-9)18-13-12(15)6-10(14)8-17-13/h2-6,8,16H,7H2,1H3. The van der Waals surface area contributed by atoms with E-state index in [-0.39, 0.29) is 0 Å². The lowest BCUT2D eigenvalue weighted by Gasteiger charge is -2.07. The number of halogens is 2. The van der Waals surface area contributed by atoms with Crippen LogP contribution in [0.15, 0.2) is 45.5 Å². The summed E-state index contributed by atoms with van der Waals surface area (Å²) < 4.78 is 7.42. The molecular weight excluding hydrogens is 360 g/mol. The van der Waals surface area contributed by atoms with Crippen LogP contribution in [0.3, 0.4) is 0 Å². The molecule has 0 radical (unpaired) electrons. The molecule has 0 saturated heterocycles. The Bertz CT molecular complexity index is 529. The predicted octanol–water partition coefficient (Wildman–Crippen LogP) is 4.12. The highest BCUT2D eigenvalue weighted by atomic mass is 79.9. The zero-order valence-corrected chi connectivity index (χ0v) is 13.0. The molecule has 1 aromatic carbocycles. The van der Waals surface area contributed by atoms with Gasteiger partial charge in [-0.05, 0) is 62.7 Å². The van der Waals surface area contributed by atoms with E-state index in [1.807, 2.05) is 37.4 Å². The van der Waals surface area contributed by atoms with Crippen molar-refractivity contribution in [3.05, 3.63) is 51.0 Å². The van der Waals surface area contributed by atoms with Crippen LogP contribution < -0.4 is 10.1 Å². The van der Waals surface area contributed by atoms with E-state index in [2.05, 4.69) is 42.2 Å². The van der Waals surface area contributed by atoms with E-state index >= 15 is 0 Å². The summed E-state index contributed by atoms with van der Waals surface area (Å²) in [5.41, 5.74) is 1.22. The molecule has 2 aromatic rings. The summed E-state index contributed by atoms with van der Waals surface area (Å²) in [6, 6.07) is 9.82. The van der Waals surface area contributed by atoms with Crippen molar-refractivity contribution in [3.8, 4) is 11.6 Å². The van der Waals surface area contributed by atoms with E-state index in [1.165, 1.54) is 5.56 Å². The fraction of sp³-hybridized carbons (Fsp3) is 0.154. The van der Waals surface area contributed by atoms with Crippen LogP contribution in [0.5, 0.6) is 11.6 Å². The van der Waals surface area contributed by atoms with Crippen LogP contribution in [0.25, 0.3) is 0 Å². The minimum absolute atomic E-state index is 0.555. The average Bonchev–Trinajstić information content (AvgIpc) is 2.35. The lowest BCUT2D eigenvalue weighted by molar-refractivity contribution is 0.459. The first-order valence-corrected chi connectivity index (χ1v) is 7.00. The molecule has 1 heterocycles. The maximum atomic E-state index is 5.70. The number of hydrogen-bond donors (Lipinski definition) is 1. The topological polar surface area (TPSA) is 34.1 Å². The van der Waals surface area contributed by atoms with Gasteiger partial charge in [0, 0.05) is 17.2 Å². The zero-order valence-electron chi connectivity index (χ0n) is 9.78. The summed E-state index contributed by atoms with van der Waals surface area (Å²) in [5.74, 6) is 1.32. The number of nitrogens with zero attached hydrogens (tertiary/aromatic N) is 1. The van der Waals surface area contributed by atoms with Gasteiger partial charge in [-0.3, -0.25) is 0 Å². The molecule has 0 aliphatic heterocycles. The number of rotatable bonds is 4. The normalized spacial score (nSPS) is 10.4. The Morgan fingerprint density at radius 2 is 1.94 bits per heavy atom. The number of ether oxygens (including phenoxy) is 1.